The van der Waals surface area contributed by atoms with Crippen molar-refractivity contribution >= 4 is 11.8 Å². The van der Waals surface area contributed by atoms with E-state index in [1.807, 2.05) is 29.2 Å². The van der Waals surface area contributed by atoms with E-state index in [2.05, 4.69) is 30.9 Å². The molecule has 2 N–H and O–H groups in total. The summed E-state index contributed by atoms with van der Waals surface area (Å²) in [6.45, 7) is 7.79. The number of carbonyl (C=O) groups excluding carboxylic acids is 2. The number of carbonyl (C=O) groups is 2. The molecule has 1 aliphatic carbocycles. The minimum absolute atomic E-state index is 0.0656. The van der Waals surface area contributed by atoms with Gasteiger partial charge in [-0.1, -0.05) is 38.1 Å². The summed E-state index contributed by atoms with van der Waals surface area (Å²) in [6, 6.07) is 15.5. The highest BCUT2D eigenvalue weighted by Gasteiger charge is 2.33. The average Bonchev–Trinajstić information content (AvgIpc) is 3.55. The zero-order valence-electron chi connectivity index (χ0n) is 16.7. The molecule has 0 atom stereocenters. The molecule has 0 saturated heterocycles. The Morgan fingerprint density at radius 3 is 1.82 bits per heavy atom. The number of benzene rings is 2. The van der Waals surface area contributed by atoms with E-state index >= 15 is 0 Å². The van der Waals surface area contributed by atoms with Crippen LogP contribution in [-0.2, 0) is 13.1 Å². The molecule has 3 rings (SSSR count). The first-order valence-corrected chi connectivity index (χ1v) is 10.0. The second kappa shape index (κ2) is 9.02. The predicted molar refractivity (Wildman–Crippen MR) is 111 cm³/mol. The van der Waals surface area contributed by atoms with Gasteiger partial charge in [0.15, 0.2) is 0 Å². The molecule has 2 aromatic rings. The summed E-state index contributed by atoms with van der Waals surface area (Å²) in [4.78, 5) is 28.6. The van der Waals surface area contributed by atoms with Crippen LogP contribution in [0, 0.1) is 0 Å². The summed E-state index contributed by atoms with van der Waals surface area (Å²) in [5.41, 5.74) is 8.74. The largest absolute Gasteiger partial charge is 0.366 e. The van der Waals surface area contributed by atoms with Gasteiger partial charge < -0.3 is 10.6 Å². The molecule has 0 bridgehead atoms. The Kier molecular flexibility index (Phi) is 6.47. The van der Waals surface area contributed by atoms with Crippen molar-refractivity contribution in [3.63, 3.8) is 0 Å². The third-order valence-electron chi connectivity index (χ3n) is 5.34. The normalized spacial score (nSPS) is 13.5. The lowest BCUT2D eigenvalue weighted by molar-refractivity contribution is 0.0729. The fourth-order valence-corrected chi connectivity index (χ4v) is 3.35. The fourth-order valence-electron chi connectivity index (χ4n) is 3.35. The summed E-state index contributed by atoms with van der Waals surface area (Å²) in [5, 5.41) is 0. The van der Waals surface area contributed by atoms with Crippen LogP contribution in [0.15, 0.2) is 48.5 Å². The van der Waals surface area contributed by atoms with E-state index in [1.54, 1.807) is 12.1 Å². The summed E-state index contributed by atoms with van der Waals surface area (Å²) in [7, 11) is 0. The maximum atomic E-state index is 13.1. The standard InChI is InChI=1S/C23H29N3O2/c1-3-25(4-2)15-17-7-11-20(12-8-17)23(28)26(21-13-14-21)16-18-5-9-19(10-6-18)22(24)27/h5-12,21H,3-4,13-16H2,1-2H3,(H2,24,27). The lowest BCUT2D eigenvalue weighted by Crippen LogP contribution is -2.32. The Balaban J connectivity index is 1.70. The van der Waals surface area contributed by atoms with Crippen molar-refractivity contribution in [3.05, 3.63) is 70.8 Å². The van der Waals surface area contributed by atoms with Crippen LogP contribution in [0.25, 0.3) is 0 Å². The molecule has 1 fully saturated rings. The van der Waals surface area contributed by atoms with E-state index in [0.29, 0.717) is 18.2 Å². The van der Waals surface area contributed by atoms with Crippen LogP contribution < -0.4 is 5.73 Å². The van der Waals surface area contributed by atoms with Gasteiger partial charge in [-0.3, -0.25) is 14.5 Å². The van der Waals surface area contributed by atoms with Crippen LogP contribution in [0.1, 0.15) is 58.5 Å². The minimum Gasteiger partial charge on any atom is -0.366 e. The quantitative estimate of drug-likeness (QED) is 0.726. The maximum Gasteiger partial charge on any atom is 0.254 e. The number of nitrogens with zero attached hydrogens (tertiary/aromatic N) is 2. The molecule has 1 saturated carbocycles. The lowest BCUT2D eigenvalue weighted by atomic mass is 10.1. The first kappa shape index (κ1) is 20.1. The van der Waals surface area contributed by atoms with E-state index in [-0.39, 0.29) is 5.91 Å². The first-order chi connectivity index (χ1) is 13.5. The minimum atomic E-state index is -0.438. The van der Waals surface area contributed by atoms with Crippen LogP contribution in [0.3, 0.4) is 0 Å². The summed E-state index contributed by atoms with van der Waals surface area (Å²) in [5.74, 6) is -0.373. The first-order valence-electron chi connectivity index (χ1n) is 10.0. The zero-order chi connectivity index (χ0) is 20.1. The molecule has 28 heavy (non-hydrogen) atoms. The number of amides is 2. The van der Waals surface area contributed by atoms with Crippen LogP contribution >= 0.6 is 0 Å². The smallest absolute Gasteiger partial charge is 0.254 e. The van der Waals surface area contributed by atoms with Crippen molar-refractivity contribution in [3.8, 4) is 0 Å². The Labute approximate surface area is 167 Å². The highest BCUT2D eigenvalue weighted by atomic mass is 16.2. The highest BCUT2D eigenvalue weighted by Crippen LogP contribution is 2.30. The van der Waals surface area contributed by atoms with Crippen LogP contribution in [0.2, 0.25) is 0 Å². The van der Waals surface area contributed by atoms with Gasteiger partial charge in [0.05, 0.1) is 0 Å². The van der Waals surface area contributed by atoms with Crippen molar-refractivity contribution < 1.29 is 9.59 Å². The van der Waals surface area contributed by atoms with Crippen molar-refractivity contribution in [2.24, 2.45) is 5.73 Å². The summed E-state index contributed by atoms with van der Waals surface area (Å²) < 4.78 is 0. The lowest BCUT2D eigenvalue weighted by Gasteiger charge is -2.23. The molecule has 0 radical (unpaired) electrons. The molecule has 0 aromatic heterocycles. The summed E-state index contributed by atoms with van der Waals surface area (Å²) >= 11 is 0. The van der Waals surface area contributed by atoms with Crippen molar-refractivity contribution in [1.82, 2.24) is 9.80 Å². The van der Waals surface area contributed by atoms with Crippen molar-refractivity contribution in [2.75, 3.05) is 13.1 Å². The van der Waals surface area contributed by atoms with Gasteiger partial charge >= 0.3 is 0 Å². The molecule has 5 heteroatoms. The molecule has 2 aromatic carbocycles. The van der Waals surface area contributed by atoms with Gasteiger partial charge in [-0.15, -0.1) is 0 Å². The Bertz CT molecular complexity index is 807. The SMILES string of the molecule is CCN(CC)Cc1ccc(C(=O)N(Cc2ccc(C(N)=O)cc2)C2CC2)cc1. The van der Waals surface area contributed by atoms with Gasteiger partial charge in [0, 0.05) is 30.3 Å². The Morgan fingerprint density at radius 2 is 1.36 bits per heavy atom. The number of nitrogens with two attached hydrogens (primary N) is 1. The van der Waals surface area contributed by atoms with E-state index in [4.69, 9.17) is 5.73 Å². The molecule has 1 aliphatic rings. The number of hydrogen-bond acceptors (Lipinski definition) is 3. The molecule has 0 unspecified atom stereocenters. The topological polar surface area (TPSA) is 66.6 Å². The number of rotatable bonds is 9. The maximum absolute atomic E-state index is 13.1. The van der Waals surface area contributed by atoms with Gasteiger partial charge in [-0.25, -0.2) is 0 Å². The summed E-state index contributed by atoms with van der Waals surface area (Å²) in [6.07, 6.45) is 2.09. The van der Waals surface area contributed by atoms with Gasteiger partial charge in [0.2, 0.25) is 5.91 Å². The van der Waals surface area contributed by atoms with E-state index in [1.165, 1.54) is 5.56 Å². The van der Waals surface area contributed by atoms with Crippen molar-refractivity contribution in [1.29, 1.82) is 0 Å². The second-order valence-corrected chi connectivity index (χ2v) is 7.38. The van der Waals surface area contributed by atoms with E-state index in [0.717, 1.165) is 43.6 Å². The predicted octanol–water partition coefficient (Wildman–Crippen LogP) is 3.43. The third-order valence-corrected chi connectivity index (χ3v) is 5.34. The van der Waals surface area contributed by atoms with Crippen molar-refractivity contribution in [2.45, 2.75) is 45.8 Å². The van der Waals surface area contributed by atoms with Gasteiger partial charge in [0.1, 0.15) is 0 Å². The second-order valence-electron chi connectivity index (χ2n) is 7.38. The third kappa shape index (κ3) is 4.98. The van der Waals surface area contributed by atoms with Gasteiger partial charge in [-0.2, -0.15) is 0 Å². The molecule has 5 nitrogen and oxygen atoms in total. The molecular weight excluding hydrogens is 350 g/mol. The van der Waals surface area contributed by atoms with Crippen LogP contribution in [0.4, 0.5) is 0 Å². The van der Waals surface area contributed by atoms with E-state index < -0.39 is 5.91 Å². The van der Waals surface area contributed by atoms with Crippen LogP contribution in [-0.4, -0.2) is 40.7 Å². The van der Waals surface area contributed by atoms with Gasteiger partial charge in [-0.05, 0) is 61.3 Å². The molecule has 0 heterocycles. The fraction of sp³-hybridized carbons (Fsp3) is 0.391. The highest BCUT2D eigenvalue weighted by molar-refractivity contribution is 5.95. The Morgan fingerprint density at radius 1 is 0.857 bits per heavy atom. The zero-order valence-corrected chi connectivity index (χ0v) is 16.7. The molecule has 0 spiro atoms. The van der Waals surface area contributed by atoms with E-state index in [9.17, 15) is 9.59 Å². The Hall–Kier alpha value is -2.66. The van der Waals surface area contributed by atoms with Gasteiger partial charge in [0.25, 0.3) is 5.91 Å². The monoisotopic (exact) mass is 379 g/mol. The number of primary amides is 1. The molecule has 0 aliphatic heterocycles. The van der Waals surface area contributed by atoms with Crippen LogP contribution in [0.5, 0.6) is 0 Å². The number of hydrogen-bond donors (Lipinski definition) is 1. The molecule has 2 amide bonds. The molecule has 148 valence electrons. The molecular formula is C23H29N3O2. The average molecular weight is 380 g/mol.